The summed E-state index contributed by atoms with van der Waals surface area (Å²) in [5.74, 6) is 0.510. The fraction of sp³-hybridized carbons (Fsp3) is 0.222. The van der Waals surface area contributed by atoms with E-state index in [9.17, 15) is 9.59 Å². The number of aryl methyl sites for hydroxylation is 1. The second-order valence-corrected chi connectivity index (χ2v) is 6.23. The molecule has 0 unspecified atom stereocenters. The molecule has 26 heavy (non-hydrogen) atoms. The quantitative estimate of drug-likeness (QED) is 0.674. The van der Waals surface area contributed by atoms with E-state index in [0.717, 1.165) is 16.9 Å². The van der Waals surface area contributed by atoms with Crippen LogP contribution in [0.3, 0.4) is 0 Å². The van der Waals surface area contributed by atoms with Crippen LogP contribution >= 0.6 is 11.6 Å². The van der Waals surface area contributed by atoms with Gasteiger partial charge in [0, 0.05) is 38.8 Å². The molecule has 0 saturated heterocycles. The third-order valence-corrected chi connectivity index (χ3v) is 4.14. The third kappa shape index (κ3) is 4.00. The van der Waals surface area contributed by atoms with E-state index in [1.807, 2.05) is 29.8 Å². The summed E-state index contributed by atoms with van der Waals surface area (Å²) >= 11 is 5.72. The van der Waals surface area contributed by atoms with Crippen LogP contribution < -0.4 is 10.6 Å². The molecule has 1 aromatic carbocycles. The van der Waals surface area contributed by atoms with E-state index in [2.05, 4.69) is 20.6 Å². The average molecular weight is 372 g/mol. The molecule has 0 aliphatic heterocycles. The smallest absolute Gasteiger partial charge is 0.252 e. The lowest BCUT2D eigenvalue weighted by atomic mass is 10.2. The van der Waals surface area contributed by atoms with Crippen LogP contribution in [0.5, 0.6) is 0 Å². The van der Waals surface area contributed by atoms with Gasteiger partial charge in [-0.2, -0.15) is 0 Å². The number of pyridine rings is 1. The molecule has 0 saturated carbocycles. The van der Waals surface area contributed by atoms with Gasteiger partial charge in [0.25, 0.3) is 5.91 Å². The topological polar surface area (TPSA) is 88.9 Å². The number of hydrogen-bond acceptors (Lipinski definition) is 4. The number of imidazole rings is 1. The van der Waals surface area contributed by atoms with Crippen LogP contribution in [-0.2, 0) is 18.3 Å². The van der Waals surface area contributed by atoms with Crippen molar-refractivity contribution in [2.45, 2.75) is 13.3 Å². The van der Waals surface area contributed by atoms with Crippen molar-refractivity contribution >= 4 is 40.1 Å². The number of nitrogens with zero attached hydrogens (tertiary/aromatic N) is 3. The minimum Gasteiger partial charge on any atom is -0.352 e. The number of carbonyl (C=O) groups excluding carboxylic acids is 2. The number of aromatic nitrogens is 3. The van der Waals surface area contributed by atoms with Crippen molar-refractivity contribution in [1.82, 2.24) is 19.9 Å². The minimum absolute atomic E-state index is 0.125. The maximum atomic E-state index is 12.1. The summed E-state index contributed by atoms with van der Waals surface area (Å²) < 4.78 is 1.98. The van der Waals surface area contributed by atoms with Gasteiger partial charge in [0.1, 0.15) is 11.0 Å². The van der Waals surface area contributed by atoms with E-state index < -0.39 is 0 Å². The number of rotatable bonds is 5. The number of fused-ring (bicyclic) bond motifs is 1. The van der Waals surface area contributed by atoms with Crippen molar-refractivity contribution in [1.29, 1.82) is 0 Å². The number of carbonyl (C=O) groups is 2. The van der Waals surface area contributed by atoms with Gasteiger partial charge in [-0.3, -0.25) is 9.59 Å². The van der Waals surface area contributed by atoms with Gasteiger partial charge < -0.3 is 15.2 Å². The first-order valence-corrected chi connectivity index (χ1v) is 8.44. The first-order chi connectivity index (χ1) is 12.4. The summed E-state index contributed by atoms with van der Waals surface area (Å²) in [7, 11) is 1.92. The molecule has 3 rings (SSSR count). The summed E-state index contributed by atoms with van der Waals surface area (Å²) in [5.41, 5.74) is 2.92. The highest BCUT2D eigenvalue weighted by Crippen LogP contribution is 2.20. The molecular weight excluding hydrogens is 354 g/mol. The second-order valence-electron chi connectivity index (χ2n) is 5.85. The largest absolute Gasteiger partial charge is 0.352 e. The van der Waals surface area contributed by atoms with Crippen LogP contribution in [0.4, 0.5) is 5.69 Å². The number of halogens is 1. The second kappa shape index (κ2) is 7.53. The monoisotopic (exact) mass is 371 g/mol. The molecule has 8 heteroatoms. The molecule has 0 aliphatic carbocycles. The SMILES string of the molecule is CC(=O)Nc1ccc2c(c1)nc(CCNC(=O)c1ccc(Cl)nc1)n2C. The first kappa shape index (κ1) is 17.9. The van der Waals surface area contributed by atoms with E-state index in [0.29, 0.717) is 29.4 Å². The predicted octanol–water partition coefficient (Wildman–Crippen LogP) is 2.55. The van der Waals surface area contributed by atoms with E-state index in [1.165, 1.54) is 13.1 Å². The zero-order valence-electron chi connectivity index (χ0n) is 14.4. The molecule has 0 atom stereocenters. The lowest BCUT2D eigenvalue weighted by Gasteiger charge is -2.05. The molecule has 0 fully saturated rings. The Labute approximate surface area is 155 Å². The normalized spacial score (nSPS) is 10.7. The molecule has 2 N–H and O–H groups in total. The fourth-order valence-corrected chi connectivity index (χ4v) is 2.77. The maximum Gasteiger partial charge on any atom is 0.252 e. The summed E-state index contributed by atoms with van der Waals surface area (Å²) in [4.78, 5) is 31.8. The average Bonchev–Trinajstić information content (AvgIpc) is 2.90. The Morgan fingerprint density at radius 1 is 1.23 bits per heavy atom. The van der Waals surface area contributed by atoms with Gasteiger partial charge >= 0.3 is 0 Å². The van der Waals surface area contributed by atoms with Gasteiger partial charge in [0.2, 0.25) is 5.91 Å². The molecule has 2 heterocycles. The Kier molecular flexibility index (Phi) is 5.18. The Hall–Kier alpha value is -2.93. The standard InChI is InChI=1S/C18H18ClN5O2/c1-11(25)22-13-4-5-15-14(9-13)23-17(24(15)2)7-8-20-18(26)12-3-6-16(19)21-10-12/h3-6,9-10H,7-8H2,1-2H3,(H,20,26)(H,22,25). The fourth-order valence-electron chi connectivity index (χ4n) is 2.65. The molecule has 0 spiro atoms. The van der Waals surface area contributed by atoms with Crippen LogP contribution in [0, 0.1) is 0 Å². The van der Waals surface area contributed by atoms with Gasteiger partial charge in [0.15, 0.2) is 0 Å². The molecule has 0 aliphatic rings. The number of benzene rings is 1. The minimum atomic E-state index is -0.208. The van der Waals surface area contributed by atoms with Crippen molar-refractivity contribution in [3.8, 4) is 0 Å². The van der Waals surface area contributed by atoms with Crippen LogP contribution in [0.15, 0.2) is 36.5 Å². The van der Waals surface area contributed by atoms with E-state index >= 15 is 0 Å². The number of nitrogens with one attached hydrogen (secondary N) is 2. The van der Waals surface area contributed by atoms with E-state index in [-0.39, 0.29) is 11.8 Å². The number of anilines is 1. The van der Waals surface area contributed by atoms with Gasteiger partial charge in [-0.1, -0.05) is 11.6 Å². The molecule has 3 aromatic rings. The molecular formula is C18H18ClN5O2. The Bertz CT molecular complexity index is 966. The van der Waals surface area contributed by atoms with Crippen molar-refractivity contribution < 1.29 is 9.59 Å². The molecule has 134 valence electrons. The van der Waals surface area contributed by atoms with Gasteiger partial charge in [-0.15, -0.1) is 0 Å². The van der Waals surface area contributed by atoms with Gasteiger partial charge in [0.05, 0.1) is 16.6 Å². The van der Waals surface area contributed by atoms with Crippen LogP contribution in [-0.4, -0.2) is 32.9 Å². The number of hydrogen-bond donors (Lipinski definition) is 2. The van der Waals surface area contributed by atoms with E-state index in [4.69, 9.17) is 11.6 Å². The molecule has 2 amide bonds. The zero-order valence-corrected chi connectivity index (χ0v) is 15.2. The van der Waals surface area contributed by atoms with Gasteiger partial charge in [-0.25, -0.2) is 9.97 Å². The summed E-state index contributed by atoms with van der Waals surface area (Å²) in [5, 5.41) is 5.94. The zero-order chi connectivity index (χ0) is 18.7. The Morgan fingerprint density at radius 2 is 2.04 bits per heavy atom. The van der Waals surface area contributed by atoms with Crippen molar-refractivity contribution in [3.63, 3.8) is 0 Å². The lowest BCUT2D eigenvalue weighted by Crippen LogP contribution is -2.26. The van der Waals surface area contributed by atoms with Crippen molar-refractivity contribution in [2.75, 3.05) is 11.9 Å². The number of amides is 2. The first-order valence-electron chi connectivity index (χ1n) is 8.07. The Balaban J connectivity index is 1.66. The van der Waals surface area contributed by atoms with Crippen molar-refractivity contribution in [2.24, 2.45) is 7.05 Å². The van der Waals surface area contributed by atoms with Crippen LogP contribution in [0.2, 0.25) is 5.15 Å². The molecule has 7 nitrogen and oxygen atoms in total. The molecule has 2 aromatic heterocycles. The van der Waals surface area contributed by atoms with Gasteiger partial charge in [-0.05, 0) is 30.3 Å². The highest BCUT2D eigenvalue weighted by atomic mass is 35.5. The third-order valence-electron chi connectivity index (χ3n) is 3.92. The maximum absolute atomic E-state index is 12.1. The molecule has 0 radical (unpaired) electrons. The van der Waals surface area contributed by atoms with Crippen molar-refractivity contribution in [3.05, 3.63) is 53.1 Å². The summed E-state index contributed by atoms with van der Waals surface area (Å²) in [6.07, 6.45) is 2.02. The Morgan fingerprint density at radius 3 is 2.73 bits per heavy atom. The lowest BCUT2D eigenvalue weighted by molar-refractivity contribution is -0.114. The summed E-state index contributed by atoms with van der Waals surface area (Å²) in [6.45, 7) is 1.91. The highest BCUT2D eigenvalue weighted by Gasteiger charge is 2.10. The summed E-state index contributed by atoms with van der Waals surface area (Å²) in [6, 6.07) is 8.79. The van der Waals surface area contributed by atoms with Crippen LogP contribution in [0.25, 0.3) is 11.0 Å². The predicted molar refractivity (Wildman–Crippen MR) is 100 cm³/mol. The molecule has 0 bridgehead atoms. The van der Waals surface area contributed by atoms with E-state index in [1.54, 1.807) is 12.1 Å². The van der Waals surface area contributed by atoms with Crippen LogP contribution in [0.1, 0.15) is 23.1 Å². The highest BCUT2D eigenvalue weighted by molar-refractivity contribution is 6.29.